The second-order valence-electron chi connectivity index (χ2n) is 7.57. The predicted octanol–water partition coefficient (Wildman–Crippen LogP) is 5.50. The molecule has 0 fully saturated rings. The van der Waals surface area contributed by atoms with E-state index < -0.39 is 0 Å². The molecule has 0 radical (unpaired) electrons. The first-order valence-electron chi connectivity index (χ1n) is 10.1. The van der Waals surface area contributed by atoms with Crippen LogP contribution in [0.15, 0.2) is 60.7 Å². The van der Waals surface area contributed by atoms with Crippen LogP contribution < -0.4 is 15.0 Å². The zero-order valence-electron chi connectivity index (χ0n) is 17.4. The molecular formula is C25H23ClN2O3. The van der Waals surface area contributed by atoms with Crippen LogP contribution in [0, 0.1) is 6.92 Å². The van der Waals surface area contributed by atoms with Crippen LogP contribution in [0.5, 0.6) is 5.75 Å². The molecule has 1 aliphatic heterocycles. The molecule has 31 heavy (non-hydrogen) atoms. The maximum absolute atomic E-state index is 13.1. The molecule has 6 heteroatoms. The fourth-order valence-corrected chi connectivity index (χ4v) is 4.03. The predicted molar refractivity (Wildman–Crippen MR) is 124 cm³/mol. The van der Waals surface area contributed by atoms with E-state index in [0.717, 1.165) is 29.7 Å². The van der Waals surface area contributed by atoms with Crippen molar-refractivity contribution >= 4 is 34.8 Å². The highest BCUT2D eigenvalue weighted by Crippen LogP contribution is 2.31. The van der Waals surface area contributed by atoms with Gasteiger partial charge in [-0.1, -0.05) is 23.7 Å². The van der Waals surface area contributed by atoms with Crippen LogP contribution >= 0.6 is 11.6 Å². The van der Waals surface area contributed by atoms with E-state index >= 15 is 0 Å². The molecule has 0 spiro atoms. The Bertz CT molecular complexity index is 1160. The molecule has 2 amide bonds. The van der Waals surface area contributed by atoms with Gasteiger partial charge in [0, 0.05) is 28.4 Å². The van der Waals surface area contributed by atoms with Gasteiger partial charge in [-0.25, -0.2) is 0 Å². The van der Waals surface area contributed by atoms with Gasteiger partial charge in [-0.2, -0.15) is 0 Å². The van der Waals surface area contributed by atoms with E-state index in [1.165, 1.54) is 0 Å². The Kier molecular flexibility index (Phi) is 5.96. The van der Waals surface area contributed by atoms with E-state index in [1.54, 1.807) is 42.3 Å². The van der Waals surface area contributed by atoms with Gasteiger partial charge < -0.3 is 15.0 Å². The third-order valence-corrected chi connectivity index (χ3v) is 5.62. The monoisotopic (exact) mass is 434 g/mol. The molecule has 0 bridgehead atoms. The summed E-state index contributed by atoms with van der Waals surface area (Å²) in [5.41, 5.74) is 4.55. The highest BCUT2D eigenvalue weighted by molar-refractivity contribution is 6.31. The Morgan fingerprint density at radius 2 is 1.87 bits per heavy atom. The van der Waals surface area contributed by atoms with Crippen molar-refractivity contribution in [2.24, 2.45) is 0 Å². The standard InChI is InChI=1S/C25H23ClN2O3/c1-16-8-11-23(31-2)21(13-16)27-24(29)18-9-10-22-17(14-18)6-4-12-28(22)25(30)19-5-3-7-20(26)15-19/h3,5,7-11,13-15H,4,6,12H2,1-2H3,(H,27,29). The summed E-state index contributed by atoms with van der Waals surface area (Å²) in [4.78, 5) is 27.7. The maximum Gasteiger partial charge on any atom is 0.258 e. The molecule has 0 aromatic heterocycles. The quantitative estimate of drug-likeness (QED) is 0.589. The largest absolute Gasteiger partial charge is 0.495 e. The summed E-state index contributed by atoms with van der Waals surface area (Å²) in [5.74, 6) is 0.297. The number of anilines is 2. The van der Waals surface area contributed by atoms with E-state index in [4.69, 9.17) is 16.3 Å². The van der Waals surface area contributed by atoms with Crippen molar-refractivity contribution in [2.75, 3.05) is 23.9 Å². The first kappa shape index (κ1) is 20.9. The molecule has 1 aliphatic rings. The van der Waals surface area contributed by atoms with Gasteiger partial charge in [-0.05, 0) is 79.4 Å². The lowest BCUT2D eigenvalue weighted by atomic mass is 9.98. The van der Waals surface area contributed by atoms with Crippen LogP contribution in [0.2, 0.25) is 5.02 Å². The number of ether oxygens (including phenoxy) is 1. The van der Waals surface area contributed by atoms with Gasteiger partial charge in [0.2, 0.25) is 0 Å². The fourth-order valence-electron chi connectivity index (χ4n) is 3.84. The molecule has 0 saturated carbocycles. The van der Waals surface area contributed by atoms with Gasteiger partial charge in [0.25, 0.3) is 11.8 Å². The molecule has 1 heterocycles. The minimum absolute atomic E-state index is 0.0925. The van der Waals surface area contributed by atoms with Gasteiger partial charge in [0.05, 0.1) is 12.8 Å². The first-order valence-corrected chi connectivity index (χ1v) is 10.5. The minimum Gasteiger partial charge on any atom is -0.495 e. The van der Waals surface area contributed by atoms with Crippen LogP contribution in [0.25, 0.3) is 0 Å². The number of methoxy groups -OCH3 is 1. The summed E-state index contributed by atoms with van der Waals surface area (Å²) >= 11 is 6.06. The number of hydrogen-bond donors (Lipinski definition) is 1. The third-order valence-electron chi connectivity index (χ3n) is 5.38. The van der Waals surface area contributed by atoms with Crippen LogP contribution in [-0.2, 0) is 6.42 Å². The zero-order valence-corrected chi connectivity index (χ0v) is 18.2. The number of nitrogens with one attached hydrogen (secondary N) is 1. The smallest absolute Gasteiger partial charge is 0.258 e. The molecule has 0 saturated heterocycles. The zero-order chi connectivity index (χ0) is 22.0. The number of nitrogens with zero attached hydrogens (tertiary/aromatic N) is 1. The normalized spacial score (nSPS) is 12.8. The molecule has 0 unspecified atom stereocenters. The lowest BCUT2D eigenvalue weighted by Gasteiger charge is -2.30. The SMILES string of the molecule is COc1ccc(C)cc1NC(=O)c1ccc2c(c1)CCCN2C(=O)c1cccc(Cl)c1. The second kappa shape index (κ2) is 8.82. The Labute approximate surface area is 186 Å². The van der Waals surface area contributed by atoms with E-state index in [1.807, 2.05) is 37.3 Å². The molecule has 0 aliphatic carbocycles. The Hall–Kier alpha value is -3.31. The average molecular weight is 435 g/mol. The minimum atomic E-state index is -0.218. The van der Waals surface area contributed by atoms with Crippen molar-refractivity contribution in [1.29, 1.82) is 0 Å². The molecule has 5 nitrogen and oxygen atoms in total. The van der Waals surface area contributed by atoms with E-state index in [-0.39, 0.29) is 11.8 Å². The summed E-state index contributed by atoms with van der Waals surface area (Å²) in [6.45, 7) is 2.59. The van der Waals surface area contributed by atoms with Crippen LogP contribution in [0.4, 0.5) is 11.4 Å². The highest BCUT2D eigenvalue weighted by Gasteiger charge is 2.25. The summed E-state index contributed by atoms with van der Waals surface area (Å²) < 4.78 is 5.35. The molecule has 1 N–H and O–H groups in total. The fraction of sp³-hybridized carbons (Fsp3) is 0.200. The van der Waals surface area contributed by atoms with Crippen molar-refractivity contribution in [1.82, 2.24) is 0 Å². The third kappa shape index (κ3) is 4.42. The highest BCUT2D eigenvalue weighted by atomic mass is 35.5. The van der Waals surface area contributed by atoms with Gasteiger partial charge >= 0.3 is 0 Å². The molecule has 0 atom stereocenters. The topological polar surface area (TPSA) is 58.6 Å². The van der Waals surface area contributed by atoms with E-state index in [2.05, 4.69) is 5.32 Å². The maximum atomic E-state index is 13.1. The van der Waals surface area contributed by atoms with E-state index in [9.17, 15) is 9.59 Å². The molecule has 3 aromatic rings. The molecule has 4 rings (SSSR count). The van der Waals surface area contributed by atoms with Crippen LogP contribution in [-0.4, -0.2) is 25.5 Å². The van der Waals surface area contributed by atoms with Gasteiger partial charge in [0.15, 0.2) is 0 Å². The lowest BCUT2D eigenvalue weighted by Crippen LogP contribution is -2.35. The molecule has 158 valence electrons. The number of amides is 2. The summed E-state index contributed by atoms with van der Waals surface area (Å²) in [5, 5.41) is 3.46. The number of hydrogen-bond acceptors (Lipinski definition) is 3. The summed E-state index contributed by atoms with van der Waals surface area (Å²) in [6, 6.07) is 18.1. The number of fused-ring (bicyclic) bond motifs is 1. The second-order valence-corrected chi connectivity index (χ2v) is 8.01. The Balaban J connectivity index is 1.59. The number of benzene rings is 3. The molecule has 3 aromatic carbocycles. The van der Waals surface area contributed by atoms with Crippen molar-refractivity contribution in [3.8, 4) is 5.75 Å². The van der Waals surface area contributed by atoms with Gasteiger partial charge in [-0.15, -0.1) is 0 Å². The van der Waals surface area contributed by atoms with Crippen molar-refractivity contribution in [3.63, 3.8) is 0 Å². The number of rotatable bonds is 4. The molecular weight excluding hydrogens is 412 g/mol. The average Bonchev–Trinajstić information content (AvgIpc) is 2.78. The first-order chi connectivity index (χ1) is 15.0. The van der Waals surface area contributed by atoms with Crippen molar-refractivity contribution in [3.05, 3.63) is 87.9 Å². The van der Waals surface area contributed by atoms with Crippen LogP contribution in [0.1, 0.15) is 38.3 Å². The summed E-state index contributed by atoms with van der Waals surface area (Å²) in [6.07, 6.45) is 1.64. The lowest BCUT2D eigenvalue weighted by molar-refractivity contribution is 0.0984. The summed E-state index contributed by atoms with van der Waals surface area (Å²) in [7, 11) is 1.57. The number of halogens is 1. The van der Waals surface area contributed by atoms with Gasteiger partial charge in [-0.3, -0.25) is 9.59 Å². The Morgan fingerprint density at radius 3 is 2.65 bits per heavy atom. The number of carbonyl (C=O) groups is 2. The van der Waals surface area contributed by atoms with E-state index in [0.29, 0.717) is 34.1 Å². The Morgan fingerprint density at radius 1 is 1.03 bits per heavy atom. The van der Waals surface area contributed by atoms with Crippen LogP contribution in [0.3, 0.4) is 0 Å². The number of aryl methyl sites for hydroxylation is 2. The number of carbonyl (C=O) groups excluding carboxylic acids is 2. The van der Waals surface area contributed by atoms with Crippen molar-refractivity contribution < 1.29 is 14.3 Å². The van der Waals surface area contributed by atoms with Gasteiger partial charge in [0.1, 0.15) is 5.75 Å². The van der Waals surface area contributed by atoms with Crippen molar-refractivity contribution in [2.45, 2.75) is 19.8 Å².